The molecule has 12 nitrogen and oxygen atoms in total. The topological polar surface area (TPSA) is 159 Å². The van der Waals surface area contributed by atoms with Gasteiger partial charge in [-0.05, 0) is 36.4 Å². The van der Waals surface area contributed by atoms with E-state index in [1.165, 1.54) is 62.2 Å². The van der Waals surface area contributed by atoms with Crippen LogP contribution < -0.4 is 18.2 Å². The molecule has 0 unspecified atom stereocenters. The SMILES string of the molecule is COc1cc(C=O)ccc1O.COc1cc(C=O)ccc1OS(=O)(=O)F.Cc1n(S(=O)(=O)F)cc[n+]1C. The highest BCUT2D eigenvalue weighted by molar-refractivity contribution is 7.84. The second kappa shape index (κ2) is 13.3. The molecule has 1 aromatic heterocycles. The van der Waals surface area contributed by atoms with E-state index >= 15 is 0 Å². The molecule has 0 radical (unpaired) electrons. The van der Waals surface area contributed by atoms with Crippen LogP contribution >= 0.6 is 0 Å². The van der Waals surface area contributed by atoms with Crippen molar-refractivity contribution in [2.75, 3.05) is 14.2 Å². The first kappa shape index (κ1) is 31.0. The summed E-state index contributed by atoms with van der Waals surface area (Å²) in [6.07, 6.45) is 3.86. The van der Waals surface area contributed by atoms with Gasteiger partial charge in [-0.15, -0.1) is 0 Å². The van der Waals surface area contributed by atoms with Crippen LogP contribution in [0.2, 0.25) is 0 Å². The van der Waals surface area contributed by atoms with Crippen LogP contribution in [0.15, 0.2) is 48.8 Å². The van der Waals surface area contributed by atoms with Gasteiger partial charge in [0, 0.05) is 18.1 Å². The Kier molecular flexibility index (Phi) is 11.1. The van der Waals surface area contributed by atoms with Gasteiger partial charge in [0.25, 0.3) is 5.82 Å². The largest absolute Gasteiger partial charge is 0.504 e. The predicted octanol–water partition coefficient (Wildman–Crippen LogP) is 2.00. The third-order valence-corrected chi connectivity index (χ3v) is 5.58. The number of ether oxygens (including phenoxy) is 2. The molecule has 2 aromatic carbocycles. The van der Waals surface area contributed by atoms with E-state index in [4.69, 9.17) is 14.6 Å². The van der Waals surface area contributed by atoms with E-state index < -0.39 is 20.9 Å². The van der Waals surface area contributed by atoms with E-state index in [9.17, 15) is 34.2 Å². The Balaban J connectivity index is 0.000000283. The van der Waals surface area contributed by atoms with Crippen LogP contribution in [0.4, 0.5) is 7.77 Å². The number of hydrogen-bond donors (Lipinski definition) is 1. The number of benzene rings is 2. The van der Waals surface area contributed by atoms with Gasteiger partial charge in [0.05, 0.1) is 21.3 Å². The first-order chi connectivity index (χ1) is 17.2. The van der Waals surface area contributed by atoms with Crippen LogP contribution in [-0.2, 0) is 28.0 Å². The summed E-state index contributed by atoms with van der Waals surface area (Å²) in [6.45, 7) is 1.51. The Morgan fingerprint density at radius 1 is 0.892 bits per heavy atom. The number of imidazole rings is 1. The average molecular weight is 566 g/mol. The summed E-state index contributed by atoms with van der Waals surface area (Å²) in [6, 6.07) is 8.04. The lowest BCUT2D eigenvalue weighted by Crippen LogP contribution is -2.30. The van der Waals surface area contributed by atoms with Crippen molar-refractivity contribution in [3.8, 4) is 23.0 Å². The molecule has 0 saturated carbocycles. The normalized spacial score (nSPS) is 10.6. The Hall–Kier alpha value is -4.05. The second-order valence-electron chi connectivity index (χ2n) is 6.75. The molecule has 202 valence electrons. The minimum atomic E-state index is -5.10. The van der Waals surface area contributed by atoms with Crippen molar-refractivity contribution in [3.63, 3.8) is 0 Å². The molecule has 0 spiro atoms. The number of nitrogens with zero attached hydrogens (tertiary/aromatic N) is 2. The fourth-order valence-electron chi connectivity index (χ4n) is 2.46. The van der Waals surface area contributed by atoms with Gasteiger partial charge in [-0.1, -0.05) is 11.7 Å². The van der Waals surface area contributed by atoms with Crippen molar-refractivity contribution >= 4 is 33.5 Å². The van der Waals surface area contributed by atoms with Crippen molar-refractivity contribution in [1.29, 1.82) is 0 Å². The zero-order valence-electron chi connectivity index (χ0n) is 19.9. The fraction of sp³-hybridized carbons (Fsp3) is 0.190. The lowest BCUT2D eigenvalue weighted by atomic mass is 10.2. The highest BCUT2D eigenvalue weighted by Gasteiger charge is 2.22. The van der Waals surface area contributed by atoms with Crippen LogP contribution in [-0.4, -0.2) is 52.7 Å². The van der Waals surface area contributed by atoms with Crippen LogP contribution in [0.5, 0.6) is 23.0 Å². The maximum absolute atomic E-state index is 12.3. The van der Waals surface area contributed by atoms with Gasteiger partial charge in [-0.3, -0.25) is 9.59 Å². The van der Waals surface area contributed by atoms with E-state index in [-0.39, 0.29) is 22.8 Å². The fourth-order valence-corrected chi connectivity index (χ4v) is 3.46. The number of carbonyl (C=O) groups excluding carboxylic acids is 2. The molecule has 37 heavy (non-hydrogen) atoms. The summed E-state index contributed by atoms with van der Waals surface area (Å²) < 4.78 is 81.2. The number of methoxy groups -OCH3 is 2. The van der Waals surface area contributed by atoms with Crippen molar-refractivity contribution in [2.24, 2.45) is 7.05 Å². The standard InChI is InChI=1S/C8H7FO5S.C8H8O3.C5H8FN2O2S/c1-13-8-4-6(5-10)2-3-7(8)14-15(9,11)12;1-11-8-4-6(5-9)2-3-7(8)10;1-5-7(2)3-4-8(5)11(6,9)10/h2-5H,1H3;2-5,10H,1H3;3-4H,1-2H3/q;;+1. The molecule has 1 N–H and O–H groups in total. The number of aldehydes is 2. The molecular formula is C21H23F2N2O10S2+. The Morgan fingerprint density at radius 2 is 1.41 bits per heavy atom. The molecule has 1 heterocycles. The highest BCUT2D eigenvalue weighted by atomic mass is 32.3. The lowest BCUT2D eigenvalue weighted by Gasteiger charge is -2.06. The van der Waals surface area contributed by atoms with Crippen molar-refractivity contribution in [1.82, 2.24) is 3.97 Å². The molecule has 3 aromatic rings. The van der Waals surface area contributed by atoms with Gasteiger partial charge < -0.3 is 18.8 Å². The summed E-state index contributed by atoms with van der Waals surface area (Å²) in [5.74, 6) is 0.326. The number of carbonyl (C=O) groups is 2. The summed E-state index contributed by atoms with van der Waals surface area (Å²) in [7, 11) is -5.41. The number of rotatable bonds is 7. The Morgan fingerprint density at radius 3 is 1.78 bits per heavy atom. The summed E-state index contributed by atoms with van der Waals surface area (Å²) in [4.78, 5) is 20.6. The number of phenolic OH excluding ortho intramolecular Hbond substituents is 1. The lowest BCUT2D eigenvalue weighted by molar-refractivity contribution is -0.676. The van der Waals surface area contributed by atoms with Gasteiger partial charge in [-0.25, -0.2) is 4.57 Å². The third-order valence-electron chi connectivity index (χ3n) is 4.34. The Bertz CT molecular complexity index is 1460. The molecule has 0 fully saturated rings. The molecule has 0 aliphatic rings. The zero-order chi connectivity index (χ0) is 28.4. The highest BCUT2D eigenvalue weighted by Crippen LogP contribution is 2.29. The van der Waals surface area contributed by atoms with Gasteiger partial charge in [0.1, 0.15) is 25.0 Å². The first-order valence-electron chi connectivity index (χ1n) is 9.75. The first-order valence-corrected chi connectivity index (χ1v) is 12.4. The molecule has 0 amide bonds. The van der Waals surface area contributed by atoms with Gasteiger partial charge >= 0.3 is 20.9 Å². The molecular weight excluding hydrogens is 542 g/mol. The van der Waals surface area contributed by atoms with E-state index in [0.717, 1.165) is 12.3 Å². The van der Waals surface area contributed by atoms with E-state index in [1.54, 1.807) is 7.05 Å². The van der Waals surface area contributed by atoms with Crippen LogP contribution in [0.25, 0.3) is 0 Å². The molecule has 3 rings (SSSR count). The number of aromatic nitrogens is 2. The van der Waals surface area contributed by atoms with Gasteiger partial charge in [0.2, 0.25) is 0 Å². The summed E-state index contributed by atoms with van der Waals surface area (Å²) >= 11 is 0. The average Bonchev–Trinajstić information content (AvgIpc) is 3.18. The Labute approximate surface area is 212 Å². The van der Waals surface area contributed by atoms with E-state index in [1.807, 2.05) is 0 Å². The molecule has 16 heteroatoms. The quantitative estimate of drug-likeness (QED) is 0.255. The maximum Gasteiger partial charge on any atom is 0.488 e. The molecule has 0 aliphatic carbocycles. The molecule has 0 atom stereocenters. The van der Waals surface area contributed by atoms with Gasteiger partial charge in [0.15, 0.2) is 23.0 Å². The van der Waals surface area contributed by atoms with E-state index in [0.29, 0.717) is 33.7 Å². The third kappa shape index (κ3) is 9.85. The predicted molar refractivity (Wildman–Crippen MR) is 125 cm³/mol. The monoisotopic (exact) mass is 565 g/mol. The molecule has 0 aliphatic heterocycles. The van der Waals surface area contributed by atoms with Crippen molar-refractivity contribution in [2.45, 2.75) is 6.92 Å². The minimum Gasteiger partial charge on any atom is -0.504 e. The van der Waals surface area contributed by atoms with E-state index in [2.05, 4.69) is 4.18 Å². The smallest absolute Gasteiger partial charge is 0.488 e. The van der Waals surface area contributed by atoms with Crippen LogP contribution in [0.1, 0.15) is 26.5 Å². The van der Waals surface area contributed by atoms with Gasteiger partial charge in [-0.2, -0.15) is 16.8 Å². The number of hydrogen-bond acceptors (Lipinski definition) is 10. The maximum atomic E-state index is 12.3. The minimum absolute atomic E-state index is 0.0399. The van der Waals surface area contributed by atoms with Crippen LogP contribution in [0, 0.1) is 6.92 Å². The van der Waals surface area contributed by atoms with Crippen LogP contribution in [0.3, 0.4) is 0 Å². The van der Waals surface area contributed by atoms with Crippen molar-refractivity contribution in [3.05, 3.63) is 65.7 Å². The number of aryl methyl sites for hydroxylation is 1. The summed E-state index contributed by atoms with van der Waals surface area (Å²) in [5, 5.41) is 9.09. The second-order valence-corrected chi connectivity index (χ2v) is 8.92. The molecule has 0 saturated heterocycles. The number of halogens is 2. The number of phenols is 1. The summed E-state index contributed by atoms with van der Waals surface area (Å²) in [5.41, 5.74) is 0.745. The zero-order valence-corrected chi connectivity index (χ0v) is 21.5. The number of aromatic hydroxyl groups is 1. The molecule has 0 bridgehead atoms. The van der Waals surface area contributed by atoms with Crippen molar-refractivity contribution < 1.29 is 57.5 Å².